The second-order valence-electron chi connectivity index (χ2n) is 12.2. The molecule has 5 heterocycles. The Morgan fingerprint density at radius 1 is 1.02 bits per heavy atom. The molecule has 0 amide bonds. The van der Waals surface area contributed by atoms with Gasteiger partial charge in [0.15, 0.2) is 0 Å². The highest BCUT2D eigenvalue weighted by Gasteiger charge is 2.29. The zero-order valence-corrected chi connectivity index (χ0v) is 26.0. The largest absolute Gasteiger partial charge is 0.489 e. The number of aryl methyl sites for hydroxylation is 1. The molecule has 3 N–H and O–H groups in total. The predicted molar refractivity (Wildman–Crippen MR) is 172 cm³/mol. The van der Waals surface area contributed by atoms with Crippen LogP contribution >= 0.6 is 11.3 Å². The summed E-state index contributed by atoms with van der Waals surface area (Å²) in [5.41, 5.74) is 2.64. The van der Waals surface area contributed by atoms with E-state index in [1.54, 1.807) is 25.2 Å². The average molecular weight is 588 g/mol. The molecule has 0 bridgehead atoms. The first-order chi connectivity index (χ1) is 20.1. The molecule has 42 heavy (non-hydrogen) atoms. The van der Waals surface area contributed by atoms with Crippen molar-refractivity contribution in [2.45, 2.75) is 71.6 Å². The number of hydrogen-bond donors (Lipinski definition) is 3. The van der Waals surface area contributed by atoms with Crippen LogP contribution < -0.4 is 20.3 Å². The van der Waals surface area contributed by atoms with Gasteiger partial charge in [-0.3, -0.25) is 0 Å². The van der Waals surface area contributed by atoms with Crippen LogP contribution in [0, 0.1) is 6.92 Å². The van der Waals surface area contributed by atoms with Crippen LogP contribution in [-0.2, 0) is 5.60 Å². The van der Waals surface area contributed by atoms with Crippen LogP contribution in [0.4, 0.5) is 29.0 Å². The first kappa shape index (κ1) is 28.6. The van der Waals surface area contributed by atoms with Crippen molar-refractivity contribution < 1.29 is 9.84 Å². The summed E-state index contributed by atoms with van der Waals surface area (Å²) in [6, 6.07) is 12.6. The lowest BCUT2D eigenvalue weighted by Crippen LogP contribution is -2.50. The normalized spacial score (nSPS) is 16.6. The number of thiophene rings is 1. The van der Waals surface area contributed by atoms with Crippen molar-refractivity contribution in [2.75, 3.05) is 41.7 Å². The van der Waals surface area contributed by atoms with E-state index in [4.69, 9.17) is 14.7 Å². The second-order valence-corrected chi connectivity index (χ2v) is 13.0. The Morgan fingerprint density at radius 2 is 1.81 bits per heavy atom. The molecule has 0 radical (unpaired) electrons. The Labute approximate surface area is 252 Å². The highest BCUT2D eigenvalue weighted by Crippen LogP contribution is 2.37. The van der Waals surface area contributed by atoms with Crippen molar-refractivity contribution >= 4 is 50.5 Å². The second kappa shape index (κ2) is 11.7. The molecule has 2 aliphatic heterocycles. The first-order valence-corrected chi connectivity index (χ1v) is 15.8. The monoisotopic (exact) mass is 587 g/mol. The lowest BCUT2D eigenvalue weighted by Gasteiger charge is -2.43. The number of hydrogen-bond acceptors (Lipinski definition) is 10. The van der Waals surface area contributed by atoms with Crippen molar-refractivity contribution in [1.82, 2.24) is 19.9 Å². The van der Waals surface area contributed by atoms with Crippen molar-refractivity contribution in [1.29, 1.82) is 0 Å². The van der Waals surface area contributed by atoms with Crippen LogP contribution in [0.1, 0.15) is 58.2 Å². The molecule has 0 unspecified atom stereocenters. The number of ether oxygens (including phenoxy) is 1. The van der Waals surface area contributed by atoms with Gasteiger partial charge in [0, 0.05) is 30.9 Å². The standard InChI is InChI=1S/C32H41N7O2S/c1-20(2)41-25-18-22(10-11-24(25)39-16-12-23(13-17-39)38-14-7-15-38)33-31-36-29(28-21(3)19-42-30(28)37-31)35-27-9-6-8-26(34-27)32(4,5)40/h6,8-11,18-20,23,40H,7,12-17H2,1-5H3,(H2,33,34,35,36,37). The summed E-state index contributed by atoms with van der Waals surface area (Å²) in [5, 5.41) is 20.3. The fourth-order valence-corrected chi connectivity index (χ4v) is 6.63. The minimum Gasteiger partial charge on any atom is -0.489 e. The minimum atomic E-state index is -1.05. The zero-order valence-electron chi connectivity index (χ0n) is 25.1. The molecule has 10 heteroatoms. The van der Waals surface area contributed by atoms with Gasteiger partial charge in [0.2, 0.25) is 5.95 Å². The van der Waals surface area contributed by atoms with E-state index < -0.39 is 5.60 Å². The molecule has 1 aromatic carbocycles. The third-order valence-corrected chi connectivity index (χ3v) is 9.02. The van der Waals surface area contributed by atoms with Gasteiger partial charge in [-0.25, -0.2) is 9.97 Å². The van der Waals surface area contributed by atoms with Gasteiger partial charge in [-0.05, 0) is 102 Å². The number of benzene rings is 1. The number of nitrogens with zero attached hydrogens (tertiary/aromatic N) is 5. The summed E-state index contributed by atoms with van der Waals surface area (Å²) >= 11 is 1.59. The summed E-state index contributed by atoms with van der Waals surface area (Å²) in [4.78, 5) is 20.3. The Bertz CT molecular complexity index is 1550. The minimum absolute atomic E-state index is 0.0577. The number of piperidine rings is 1. The molecule has 0 aliphatic carbocycles. The SMILES string of the molecule is Cc1csc2nc(Nc3ccc(N4CCC(N5CCC5)CC4)c(OC(C)C)c3)nc(Nc3cccc(C(C)(C)O)n3)c12. The zero-order chi connectivity index (χ0) is 29.4. The third-order valence-electron chi connectivity index (χ3n) is 8.03. The van der Waals surface area contributed by atoms with E-state index in [-0.39, 0.29) is 6.10 Å². The van der Waals surface area contributed by atoms with Crippen LogP contribution in [0.3, 0.4) is 0 Å². The van der Waals surface area contributed by atoms with Crippen molar-refractivity contribution in [3.8, 4) is 5.75 Å². The number of anilines is 5. The molecule has 2 saturated heterocycles. The van der Waals surface area contributed by atoms with Gasteiger partial charge in [0.25, 0.3) is 0 Å². The van der Waals surface area contributed by atoms with Crippen molar-refractivity contribution in [3.05, 3.63) is 53.0 Å². The molecule has 2 aliphatic rings. The molecule has 0 saturated carbocycles. The van der Waals surface area contributed by atoms with E-state index in [1.807, 2.05) is 18.2 Å². The van der Waals surface area contributed by atoms with Gasteiger partial charge >= 0.3 is 0 Å². The number of pyridine rings is 1. The summed E-state index contributed by atoms with van der Waals surface area (Å²) in [6.45, 7) is 14.2. The van der Waals surface area contributed by atoms with Gasteiger partial charge in [-0.1, -0.05) is 6.07 Å². The Hall–Kier alpha value is -3.47. The van der Waals surface area contributed by atoms with Gasteiger partial charge in [0.05, 0.1) is 22.9 Å². The van der Waals surface area contributed by atoms with E-state index in [2.05, 4.69) is 69.8 Å². The number of likely N-dealkylation sites (tertiary alicyclic amines) is 1. The molecule has 9 nitrogen and oxygen atoms in total. The number of aliphatic hydroxyl groups is 1. The molecule has 4 aromatic rings. The number of fused-ring (bicyclic) bond motifs is 1. The predicted octanol–water partition coefficient (Wildman–Crippen LogP) is 6.57. The van der Waals surface area contributed by atoms with Crippen LogP contribution in [0.25, 0.3) is 10.2 Å². The Kier molecular flexibility index (Phi) is 7.95. The fourth-order valence-electron chi connectivity index (χ4n) is 5.71. The smallest absolute Gasteiger partial charge is 0.230 e. The fraction of sp³-hybridized carbons (Fsp3) is 0.469. The molecule has 6 rings (SSSR count). The maximum Gasteiger partial charge on any atom is 0.230 e. The maximum atomic E-state index is 10.5. The van der Waals surface area contributed by atoms with Crippen LogP contribution in [0.5, 0.6) is 5.75 Å². The number of aromatic nitrogens is 3. The van der Waals surface area contributed by atoms with E-state index >= 15 is 0 Å². The third kappa shape index (κ3) is 6.16. The summed E-state index contributed by atoms with van der Waals surface area (Å²) in [7, 11) is 0. The Morgan fingerprint density at radius 3 is 2.50 bits per heavy atom. The van der Waals surface area contributed by atoms with Gasteiger partial charge < -0.3 is 30.3 Å². The maximum absolute atomic E-state index is 10.5. The van der Waals surface area contributed by atoms with Gasteiger partial charge in [0.1, 0.15) is 27.8 Å². The van der Waals surface area contributed by atoms with E-state index in [1.165, 1.54) is 32.4 Å². The van der Waals surface area contributed by atoms with Gasteiger partial charge in [-0.15, -0.1) is 11.3 Å². The van der Waals surface area contributed by atoms with E-state index in [0.29, 0.717) is 29.3 Å². The summed E-state index contributed by atoms with van der Waals surface area (Å²) in [5.74, 6) is 2.64. The summed E-state index contributed by atoms with van der Waals surface area (Å²) < 4.78 is 6.33. The van der Waals surface area contributed by atoms with Gasteiger partial charge in [-0.2, -0.15) is 4.98 Å². The molecular formula is C32H41N7O2S. The Balaban J connectivity index is 1.26. The first-order valence-electron chi connectivity index (χ1n) is 14.9. The highest BCUT2D eigenvalue weighted by atomic mass is 32.1. The quantitative estimate of drug-likeness (QED) is 0.201. The summed E-state index contributed by atoms with van der Waals surface area (Å²) in [6.07, 6.45) is 3.78. The lowest BCUT2D eigenvalue weighted by molar-refractivity contribution is 0.0740. The average Bonchev–Trinajstić information content (AvgIpc) is 3.28. The molecule has 2 fully saturated rings. The molecular weight excluding hydrogens is 546 g/mol. The molecule has 0 atom stereocenters. The van der Waals surface area contributed by atoms with E-state index in [0.717, 1.165) is 46.0 Å². The molecule has 222 valence electrons. The molecule has 0 spiro atoms. The van der Waals surface area contributed by atoms with Crippen molar-refractivity contribution in [3.63, 3.8) is 0 Å². The number of nitrogens with one attached hydrogen (secondary N) is 2. The molecule has 3 aromatic heterocycles. The number of rotatable bonds is 9. The van der Waals surface area contributed by atoms with E-state index in [9.17, 15) is 5.11 Å². The van der Waals surface area contributed by atoms with Crippen LogP contribution in [-0.4, -0.2) is 63.3 Å². The topological polar surface area (TPSA) is 98.7 Å². The van der Waals surface area contributed by atoms with Crippen LogP contribution in [0.2, 0.25) is 0 Å². The lowest BCUT2D eigenvalue weighted by atomic mass is 9.99. The highest BCUT2D eigenvalue weighted by molar-refractivity contribution is 7.17. The van der Waals surface area contributed by atoms with Crippen molar-refractivity contribution in [2.24, 2.45) is 0 Å². The van der Waals surface area contributed by atoms with Crippen LogP contribution in [0.15, 0.2) is 41.8 Å².